The van der Waals surface area contributed by atoms with Crippen molar-refractivity contribution in [2.75, 3.05) is 18.4 Å². The number of carbonyl (C=O) groups is 1. The Morgan fingerprint density at radius 2 is 2.14 bits per heavy atom. The number of carbonyl (C=O) groups excluding carboxylic acids is 1. The summed E-state index contributed by atoms with van der Waals surface area (Å²) in [5, 5.41) is 4.21. The van der Waals surface area contributed by atoms with Crippen LogP contribution in [-0.2, 0) is 4.74 Å². The van der Waals surface area contributed by atoms with E-state index in [0.717, 1.165) is 29.2 Å². The lowest BCUT2D eigenvalue weighted by Gasteiger charge is -2.24. The van der Waals surface area contributed by atoms with Crippen molar-refractivity contribution in [2.45, 2.75) is 45.8 Å². The first-order chi connectivity index (χ1) is 9.74. The molecule has 0 spiro atoms. The first-order valence-electron chi connectivity index (χ1n) is 7.25. The lowest BCUT2D eigenvalue weighted by molar-refractivity contribution is 0.0293. The molecule has 1 N–H and O–H groups in total. The maximum Gasteiger partial charge on any atom is 0.410 e. The highest BCUT2D eigenvalue weighted by atomic mass is 35.5. The van der Waals surface area contributed by atoms with Crippen molar-refractivity contribution < 1.29 is 9.53 Å². The summed E-state index contributed by atoms with van der Waals surface area (Å²) in [7, 11) is 0. The van der Waals surface area contributed by atoms with Crippen LogP contribution in [0.2, 0.25) is 5.02 Å². The van der Waals surface area contributed by atoms with Crippen LogP contribution in [-0.4, -0.2) is 35.7 Å². The molecule has 1 aliphatic rings. The summed E-state index contributed by atoms with van der Waals surface area (Å²) in [6.45, 7) is 9.01. The van der Waals surface area contributed by atoms with E-state index < -0.39 is 5.60 Å². The van der Waals surface area contributed by atoms with Crippen molar-refractivity contribution in [1.29, 1.82) is 0 Å². The van der Waals surface area contributed by atoms with Crippen LogP contribution in [0, 0.1) is 6.92 Å². The van der Waals surface area contributed by atoms with Gasteiger partial charge in [0.2, 0.25) is 0 Å². The average molecular weight is 311 g/mol. The summed E-state index contributed by atoms with van der Waals surface area (Å²) < 4.78 is 5.40. The fraction of sp³-hybridized carbons (Fsp3) is 0.562. The van der Waals surface area contributed by atoms with Crippen LogP contribution in [0.5, 0.6) is 0 Å². The Bertz CT molecular complexity index is 525. The van der Waals surface area contributed by atoms with Crippen molar-refractivity contribution in [3.05, 3.63) is 28.8 Å². The Morgan fingerprint density at radius 1 is 1.43 bits per heavy atom. The molecule has 116 valence electrons. The van der Waals surface area contributed by atoms with Crippen molar-refractivity contribution in [3.63, 3.8) is 0 Å². The molecule has 0 bridgehead atoms. The molecule has 0 radical (unpaired) electrons. The lowest BCUT2D eigenvalue weighted by atomic mass is 10.2. The molecule has 0 aliphatic carbocycles. The molecule has 4 nitrogen and oxygen atoms in total. The van der Waals surface area contributed by atoms with Crippen molar-refractivity contribution in [1.82, 2.24) is 4.90 Å². The molecular weight excluding hydrogens is 288 g/mol. The van der Waals surface area contributed by atoms with Crippen molar-refractivity contribution >= 4 is 23.4 Å². The third-order valence-corrected chi connectivity index (χ3v) is 3.79. The van der Waals surface area contributed by atoms with E-state index in [-0.39, 0.29) is 12.1 Å². The van der Waals surface area contributed by atoms with Gasteiger partial charge in [0.05, 0.1) is 0 Å². The fourth-order valence-corrected chi connectivity index (χ4v) is 2.46. The predicted octanol–water partition coefficient (Wildman–Crippen LogP) is 4.07. The standard InChI is InChI=1S/C16H23ClN2O2/c1-11-9-12(5-6-14(11)17)18-13-7-8-19(10-13)15(20)21-16(2,3)4/h5-6,9,13,18H,7-8,10H2,1-4H3. The number of ether oxygens (including phenoxy) is 1. The van der Waals surface area contributed by atoms with Crippen LogP contribution in [0.3, 0.4) is 0 Å². The summed E-state index contributed by atoms with van der Waals surface area (Å²) in [5.74, 6) is 0. The molecule has 0 aromatic heterocycles. The molecule has 1 aromatic carbocycles. The van der Waals surface area contributed by atoms with Crippen LogP contribution in [0.1, 0.15) is 32.8 Å². The predicted molar refractivity (Wildman–Crippen MR) is 86.0 cm³/mol. The number of halogens is 1. The second-order valence-corrected chi connectivity index (χ2v) is 6.93. The quantitative estimate of drug-likeness (QED) is 0.895. The van der Waals surface area contributed by atoms with Crippen LogP contribution in [0.15, 0.2) is 18.2 Å². The Hall–Kier alpha value is -1.42. The van der Waals surface area contributed by atoms with E-state index in [1.807, 2.05) is 45.9 Å². The molecule has 5 heteroatoms. The minimum atomic E-state index is -0.449. The maximum absolute atomic E-state index is 12.0. The average Bonchev–Trinajstić information content (AvgIpc) is 2.80. The van der Waals surface area contributed by atoms with E-state index in [1.165, 1.54) is 0 Å². The first-order valence-corrected chi connectivity index (χ1v) is 7.63. The molecule has 1 heterocycles. The molecule has 1 fully saturated rings. The van der Waals surface area contributed by atoms with Gasteiger partial charge in [-0.1, -0.05) is 11.6 Å². The summed E-state index contributed by atoms with van der Waals surface area (Å²) in [6.07, 6.45) is 0.681. The highest BCUT2D eigenvalue weighted by molar-refractivity contribution is 6.31. The van der Waals surface area contributed by atoms with Gasteiger partial charge in [0, 0.05) is 29.8 Å². The smallest absolute Gasteiger partial charge is 0.410 e. The minimum Gasteiger partial charge on any atom is -0.444 e. The summed E-state index contributed by atoms with van der Waals surface area (Å²) >= 11 is 6.03. The normalized spacial score (nSPS) is 18.7. The van der Waals surface area contributed by atoms with E-state index in [2.05, 4.69) is 5.32 Å². The van der Waals surface area contributed by atoms with Crippen LogP contribution in [0.4, 0.5) is 10.5 Å². The Morgan fingerprint density at radius 3 is 2.76 bits per heavy atom. The number of likely N-dealkylation sites (tertiary alicyclic amines) is 1. The van der Waals surface area contributed by atoms with Gasteiger partial charge in [0.15, 0.2) is 0 Å². The zero-order chi connectivity index (χ0) is 15.6. The third-order valence-electron chi connectivity index (χ3n) is 3.37. The van der Waals surface area contributed by atoms with Gasteiger partial charge >= 0.3 is 6.09 Å². The topological polar surface area (TPSA) is 41.6 Å². The molecule has 1 aromatic rings. The monoisotopic (exact) mass is 310 g/mol. The molecule has 1 amide bonds. The molecule has 1 unspecified atom stereocenters. The maximum atomic E-state index is 12.0. The Labute approximate surface area is 131 Å². The van der Waals surface area contributed by atoms with Crippen LogP contribution >= 0.6 is 11.6 Å². The van der Waals surface area contributed by atoms with Crippen molar-refractivity contribution in [3.8, 4) is 0 Å². The van der Waals surface area contributed by atoms with Crippen LogP contribution in [0.25, 0.3) is 0 Å². The van der Waals surface area contributed by atoms with Gasteiger partial charge in [-0.2, -0.15) is 0 Å². The molecule has 21 heavy (non-hydrogen) atoms. The van der Waals surface area contributed by atoms with Gasteiger partial charge in [-0.15, -0.1) is 0 Å². The van der Waals surface area contributed by atoms with Crippen LogP contribution < -0.4 is 5.32 Å². The number of anilines is 1. The highest BCUT2D eigenvalue weighted by Gasteiger charge is 2.29. The van der Waals surface area contributed by atoms with Gasteiger partial charge in [0.1, 0.15) is 5.60 Å². The van der Waals surface area contributed by atoms with Gasteiger partial charge < -0.3 is 15.0 Å². The third kappa shape index (κ3) is 4.53. The van der Waals surface area contributed by atoms with E-state index in [0.29, 0.717) is 6.54 Å². The zero-order valence-corrected chi connectivity index (χ0v) is 13.8. The van der Waals surface area contributed by atoms with E-state index >= 15 is 0 Å². The second kappa shape index (κ2) is 6.14. The Balaban J connectivity index is 1.90. The highest BCUT2D eigenvalue weighted by Crippen LogP contribution is 2.22. The number of nitrogens with zero attached hydrogens (tertiary/aromatic N) is 1. The summed E-state index contributed by atoms with van der Waals surface area (Å²) in [4.78, 5) is 13.8. The number of nitrogens with one attached hydrogen (secondary N) is 1. The van der Waals surface area contributed by atoms with Gasteiger partial charge in [-0.25, -0.2) is 4.79 Å². The molecule has 0 saturated carbocycles. The minimum absolute atomic E-state index is 0.237. The van der Waals surface area contributed by atoms with E-state index in [4.69, 9.17) is 16.3 Å². The number of rotatable bonds is 2. The Kier molecular flexibility index (Phi) is 4.67. The molecular formula is C16H23ClN2O2. The number of amides is 1. The number of benzene rings is 1. The van der Waals surface area contributed by atoms with Gasteiger partial charge in [-0.3, -0.25) is 0 Å². The SMILES string of the molecule is Cc1cc(NC2CCN(C(=O)OC(C)(C)C)C2)ccc1Cl. The fourth-order valence-electron chi connectivity index (χ4n) is 2.34. The summed E-state index contributed by atoms with van der Waals surface area (Å²) in [5.41, 5.74) is 1.63. The number of aryl methyl sites for hydroxylation is 1. The summed E-state index contributed by atoms with van der Waals surface area (Å²) in [6, 6.07) is 6.13. The lowest BCUT2D eigenvalue weighted by Crippen LogP contribution is -2.36. The number of hydrogen-bond donors (Lipinski definition) is 1. The molecule has 1 atom stereocenters. The number of hydrogen-bond acceptors (Lipinski definition) is 3. The van der Waals surface area contributed by atoms with Gasteiger partial charge in [0.25, 0.3) is 0 Å². The largest absolute Gasteiger partial charge is 0.444 e. The molecule has 2 rings (SSSR count). The van der Waals surface area contributed by atoms with E-state index in [1.54, 1.807) is 4.90 Å². The zero-order valence-electron chi connectivity index (χ0n) is 13.1. The van der Waals surface area contributed by atoms with Gasteiger partial charge in [-0.05, 0) is 57.9 Å². The first kappa shape index (κ1) is 16.0. The molecule has 1 saturated heterocycles. The van der Waals surface area contributed by atoms with E-state index in [9.17, 15) is 4.79 Å². The second-order valence-electron chi connectivity index (χ2n) is 6.52. The van der Waals surface area contributed by atoms with Crippen molar-refractivity contribution in [2.24, 2.45) is 0 Å². The molecule has 1 aliphatic heterocycles.